The van der Waals surface area contributed by atoms with Gasteiger partial charge in [0.25, 0.3) is 0 Å². The van der Waals surface area contributed by atoms with Crippen molar-refractivity contribution >= 4 is 94.8 Å². The van der Waals surface area contributed by atoms with Crippen molar-refractivity contribution in [3.63, 3.8) is 0 Å². The van der Waals surface area contributed by atoms with Crippen LogP contribution in [0.15, 0.2) is 24.3 Å². The minimum atomic E-state index is -2.98. The number of allylic oxidation sites excluding steroid dienone is 3. The number of nitrogens with one attached hydrogen (secondary N) is 10. The first-order valence-electron chi connectivity index (χ1n) is 32.5. The highest BCUT2D eigenvalue weighted by molar-refractivity contribution is 6.02. The van der Waals surface area contributed by atoms with Crippen molar-refractivity contribution in [2.45, 2.75) is 211 Å². The van der Waals surface area contributed by atoms with E-state index in [0.717, 1.165) is 31.2 Å². The Morgan fingerprint density at radius 3 is 1.80 bits per heavy atom. The first-order chi connectivity index (χ1) is 46.6. The Balaban J connectivity index is 2.40. The number of carboxylic acids is 5. The Labute approximate surface area is 574 Å². The molecule has 0 radical (unpaired) electrons. The monoisotopic (exact) mass is 1420 g/mol. The van der Waals surface area contributed by atoms with Crippen molar-refractivity contribution in [1.29, 1.82) is 0 Å². The van der Waals surface area contributed by atoms with Crippen LogP contribution in [0.25, 0.3) is 0 Å². The van der Waals surface area contributed by atoms with Crippen LogP contribution in [-0.4, -0.2) is 257 Å². The molecule has 3 saturated heterocycles. The number of aliphatic hydroxyl groups excluding tert-OH is 3. The molecule has 9 unspecified atom stereocenters. The highest BCUT2D eigenvalue weighted by Crippen LogP contribution is 2.27. The lowest BCUT2D eigenvalue weighted by Gasteiger charge is -2.40. The maximum absolute atomic E-state index is 15.0. The fraction of sp³-hybridized carbons (Fsp3) is 0.677. The summed E-state index contributed by atoms with van der Waals surface area (Å²) in [6, 6.07) is -19.8. The molecule has 3 aliphatic heterocycles. The third-order valence-electron chi connectivity index (χ3n) is 16.6. The molecule has 0 aromatic carbocycles. The molecule has 3 fully saturated rings. The number of unbranched alkanes of at least 4 members (excludes halogenated alkanes) is 1. The zero-order valence-electron chi connectivity index (χ0n) is 57.0. The summed E-state index contributed by atoms with van der Waals surface area (Å²) < 4.78 is 10.4. The minimum absolute atomic E-state index is 0.0443. The first kappa shape index (κ1) is 85.0. The molecular formula is C62H96N12O26. The number of aliphatic carboxylic acids is 5. The quantitative estimate of drug-likeness (QED) is 0.0230. The fourth-order valence-electron chi connectivity index (χ4n) is 10.7. The molecule has 3 aliphatic rings. The van der Waals surface area contributed by atoms with Crippen molar-refractivity contribution in [2.75, 3.05) is 19.6 Å². The number of nitrogens with two attached hydrogens (primary N) is 1. The van der Waals surface area contributed by atoms with E-state index in [9.17, 15) is 113 Å². The zero-order chi connectivity index (χ0) is 75.9. The van der Waals surface area contributed by atoms with Gasteiger partial charge < -0.3 is 114 Å². The van der Waals surface area contributed by atoms with Crippen LogP contribution in [0.2, 0.25) is 0 Å². The molecule has 0 aromatic heterocycles. The number of carbonyl (C=O) groups is 16. The molecule has 0 bridgehead atoms. The number of aliphatic hydroxyl groups is 3. The van der Waals surface area contributed by atoms with Crippen LogP contribution in [0.1, 0.15) is 114 Å². The van der Waals surface area contributed by atoms with Gasteiger partial charge in [-0.3, -0.25) is 67.1 Å². The highest BCUT2D eigenvalue weighted by Gasteiger charge is 2.52. The van der Waals surface area contributed by atoms with Gasteiger partial charge in [0.2, 0.25) is 65.0 Å². The van der Waals surface area contributed by atoms with E-state index in [1.54, 1.807) is 19.1 Å². The molecule has 11 amide bonds. The number of fused-ring (bicyclic) bond motifs is 1. The Kier molecular flexibility index (Phi) is 33.6. The zero-order valence-corrected chi connectivity index (χ0v) is 57.0. The molecule has 38 heteroatoms. The van der Waals surface area contributed by atoms with Crippen LogP contribution in [0.4, 0.5) is 0 Å². The van der Waals surface area contributed by atoms with Crippen LogP contribution >= 0.6 is 0 Å². The second-order valence-corrected chi connectivity index (χ2v) is 26.0. The van der Waals surface area contributed by atoms with Gasteiger partial charge in [0, 0.05) is 12.6 Å². The molecule has 0 aliphatic carbocycles. The lowest BCUT2D eigenvalue weighted by molar-refractivity contribution is -0.304. The molecule has 560 valence electrons. The van der Waals surface area contributed by atoms with E-state index in [0.29, 0.717) is 12.3 Å². The number of hydrogen-bond acceptors (Lipinski definition) is 22. The number of carbonyl (C=O) groups excluding carboxylic acids is 11. The highest BCUT2D eigenvalue weighted by atomic mass is 16.7. The number of amides is 11. The molecule has 38 nitrogen and oxygen atoms in total. The topological polar surface area (TPSA) is 603 Å². The van der Waals surface area contributed by atoms with E-state index in [1.807, 2.05) is 29.8 Å². The smallest absolute Gasteiger partial charge is 0.335 e. The Hall–Kier alpha value is -9.24. The normalized spacial score (nSPS) is 28.9. The third-order valence-corrected chi connectivity index (χ3v) is 16.6. The van der Waals surface area contributed by atoms with Gasteiger partial charge in [-0.15, -0.1) is 0 Å². The molecule has 19 atom stereocenters. The lowest BCUT2D eigenvalue weighted by Crippen LogP contribution is -2.66. The van der Waals surface area contributed by atoms with Gasteiger partial charge in [-0.1, -0.05) is 66.7 Å². The Morgan fingerprint density at radius 2 is 1.24 bits per heavy atom. The molecule has 3 rings (SSSR count). The van der Waals surface area contributed by atoms with Crippen molar-refractivity contribution in [3.05, 3.63) is 24.3 Å². The summed E-state index contributed by atoms with van der Waals surface area (Å²) in [6.45, 7) is 13.2. The number of ether oxygens (including phenoxy) is 2. The summed E-state index contributed by atoms with van der Waals surface area (Å²) in [4.78, 5) is 222. The molecule has 0 spiro atoms. The molecule has 20 N–H and O–H groups in total. The van der Waals surface area contributed by atoms with E-state index >= 15 is 4.79 Å². The van der Waals surface area contributed by atoms with Crippen LogP contribution in [-0.2, 0) is 86.2 Å². The Bertz CT molecular complexity index is 3060. The Morgan fingerprint density at radius 1 is 0.650 bits per heavy atom. The summed E-state index contributed by atoms with van der Waals surface area (Å²) in [5, 5.41) is 105. The number of rotatable bonds is 25. The molecular weight excluding hydrogens is 1330 g/mol. The summed E-state index contributed by atoms with van der Waals surface area (Å²) in [5.74, 6) is -29.4. The first-order valence-corrected chi connectivity index (χ1v) is 32.5. The van der Waals surface area contributed by atoms with Crippen molar-refractivity contribution < 1.29 is 127 Å². The van der Waals surface area contributed by atoms with Crippen molar-refractivity contribution in [2.24, 2.45) is 41.2 Å². The third kappa shape index (κ3) is 24.9. The minimum Gasteiger partial charge on any atom is -0.481 e. The standard InChI is InChI=1S/C62H96N12O26/c1-25(2)17-13-11-12-14-19-35(75)68-40(29(8)58(91)92)54(87)72-42-31(10)65-51(84)34-21-28(7)24-74(34)57(90)39(27(5)6)71-53(86)41(30(9)59(93)94)69-36(76)23-64-49(82)33(22-37(77)78)67-56(89)43(47(60(95)96)99-62-46(81)44(79)45(80)48(100-62)61(97)98)73-50(83)32(18-15-16-20-63)66-52(85)38(26(3)4)70-55(42)88/h11-12,14,19,25-34,38-48,62,79-81H,13,15-18,20-24,63H2,1-10H3,(H,64,82)(H,65,84)(H,66,85)(H,67,89)(H,68,75)(H,69,76)(H,70,88)(H,71,86)(H,72,87)(H,73,83)(H,77,78)(H,91,92)(H,93,94)(H,95,96)(H,97,98)/b12-11-,19-14+/t28-,29?,30?,31?,32+,33+,34+,38-,39+,40+,41-,42+,43+,44?,45?,46?,47?,48?,62?/m1/s1. The van der Waals surface area contributed by atoms with Gasteiger partial charge in [-0.2, -0.15) is 0 Å². The SMILES string of the molecule is CC(C)CC/C=C\C=C\C(=O)N[C@H](C(=O)N[C@@H]1C(=O)N[C@H](C(C)C)C(=O)N[C@@H](CCCCN)C(=O)N[C@@H](C(OC2OC(C(=O)O)C(O)C(O)C2O)C(=O)O)C(=O)N[C@@H](CC(=O)O)C(=O)NCC(=O)N[C@H](C(C)C(=O)O)C(=O)N[C@@H](C(C)C)C(=O)N2C[C@H](C)C[C@H]2C(=O)NC1C)C(C)C(=O)O. The molecule has 0 saturated carbocycles. The van der Waals surface area contributed by atoms with E-state index in [1.165, 1.54) is 40.7 Å². The molecule has 100 heavy (non-hydrogen) atoms. The fourth-order valence-corrected chi connectivity index (χ4v) is 10.7. The number of hydrogen-bond donors (Lipinski definition) is 19. The van der Waals surface area contributed by atoms with Gasteiger partial charge in [-0.25, -0.2) is 9.59 Å². The number of carboxylic acid groups (broad SMARTS) is 5. The van der Waals surface area contributed by atoms with E-state index in [4.69, 9.17) is 15.2 Å². The second-order valence-electron chi connectivity index (χ2n) is 26.0. The summed E-state index contributed by atoms with van der Waals surface area (Å²) >= 11 is 0. The van der Waals surface area contributed by atoms with Gasteiger partial charge in [0.15, 0.2) is 18.5 Å². The number of nitrogens with zero attached hydrogens (tertiary/aromatic N) is 1. The summed E-state index contributed by atoms with van der Waals surface area (Å²) in [6.07, 6.45) is -10.3. The van der Waals surface area contributed by atoms with Crippen LogP contribution < -0.4 is 58.9 Å². The lowest BCUT2D eigenvalue weighted by atomic mass is 9.97. The van der Waals surface area contributed by atoms with E-state index in [-0.39, 0.29) is 32.4 Å². The molecule has 0 aromatic rings. The van der Waals surface area contributed by atoms with Gasteiger partial charge in [0.1, 0.15) is 72.7 Å². The van der Waals surface area contributed by atoms with Crippen molar-refractivity contribution in [1.82, 2.24) is 58.1 Å². The molecule has 3 heterocycles. The average Bonchev–Trinajstić information content (AvgIpc) is 1.29. The predicted molar refractivity (Wildman–Crippen MR) is 343 cm³/mol. The van der Waals surface area contributed by atoms with Gasteiger partial charge in [0.05, 0.1) is 30.8 Å². The largest absolute Gasteiger partial charge is 0.481 e. The van der Waals surface area contributed by atoms with Crippen LogP contribution in [0, 0.1) is 35.5 Å². The average molecular weight is 1430 g/mol. The summed E-state index contributed by atoms with van der Waals surface area (Å²) in [5.41, 5.74) is 5.75. The van der Waals surface area contributed by atoms with Gasteiger partial charge in [-0.05, 0) is 89.5 Å². The summed E-state index contributed by atoms with van der Waals surface area (Å²) in [7, 11) is 0. The van der Waals surface area contributed by atoms with Gasteiger partial charge >= 0.3 is 29.8 Å². The van der Waals surface area contributed by atoms with Crippen molar-refractivity contribution in [3.8, 4) is 0 Å². The maximum Gasteiger partial charge on any atom is 0.335 e. The maximum atomic E-state index is 15.0. The van der Waals surface area contributed by atoms with E-state index < -0.39 is 241 Å². The van der Waals surface area contributed by atoms with E-state index in [2.05, 4.69) is 37.2 Å². The van der Waals surface area contributed by atoms with Crippen LogP contribution in [0.3, 0.4) is 0 Å². The second kappa shape index (κ2) is 39.5. The van der Waals surface area contributed by atoms with Crippen LogP contribution in [0.5, 0.6) is 0 Å². The predicted octanol–water partition coefficient (Wildman–Crippen LogP) is -6.00.